The van der Waals surface area contributed by atoms with Crippen molar-refractivity contribution >= 4 is 0 Å². The SMILES string of the molecule is CCCC(O)c1ccn(Cc2ccc(C#N)c(OC)c2)c1. The molecule has 0 aliphatic rings. The fraction of sp³-hybridized carbons (Fsp3) is 0.353. The molecule has 0 radical (unpaired) electrons. The average Bonchev–Trinajstić information content (AvgIpc) is 2.96. The molecule has 2 aromatic rings. The highest BCUT2D eigenvalue weighted by molar-refractivity contribution is 5.45. The number of ether oxygens (including phenoxy) is 1. The number of hydrogen-bond acceptors (Lipinski definition) is 3. The molecule has 1 N–H and O–H groups in total. The van der Waals surface area contributed by atoms with Gasteiger partial charge in [0.15, 0.2) is 0 Å². The predicted octanol–water partition coefficient (Wildman–Crippen LogP) is 3.25. The first-order valence-electron chi connectivity index (χ1n) is 7.08. The Labute approximate surface area is 125 Å². The quantitative estimate of drug-likeness (QED) is 0.885. The molecule has 1 heterocycles. The molecule has 0 aliphatic heterocycles. The number of nitrogens with zero attached hydrogens (tertiary/aromatic N) is 2. The number of nitriles is 1. The van der Waals surface area contributed by atoms with Crippen molar-refractivity contribution in [3.8, 4) is 11.8 Å². The largest absolute Gasteiger partial charge is 0.495 e. The van der Waals surface area contributed by atoms with E-state index in [0.717, 1.165) is 24.0 Å². The highest BCUT2D eigenvalue weighted by Crippen LogP contribution is 2.22. The Kier molecular flexibility index (Phi) is 5.02. The van der Waals surface area contributed by atoms with Gasteiger partial charge in [-0.05, 0) is 35.7 Å². The van der Waals surface area contributed by atoms with Crippen molar-refractivity contribution in [1.82, 2.24) is 4.57 Å². The third kappa shape index (κ3) is 3.65. The zero-order chi connectivity index (χ0) is 15.2. The van der Waals surface area contributed by atoms with Crippen LogP contribution < -0.4 is 4.74 Å². The Balaban J connectivity index is 2.14. The van der Waals surface area contributed by atoms with Gasteiger partial charge in [-0.15, -0.1) is 0 Å². The number of aromatic nitrogens is 1. The van der Waals surface area contributed by atoms with Gasteiger partial charge in [0.2, 0.25) is 0 Å². The lowest BCUT2D eigenvalue weighted by Gasteiger charge is -2.08. The van der Waals surface area contributed by atoms with Crippen LogP contribution in [0.4, 0.5) is 0 Å². The number of methoxy groups -OCH3 is 1. The predicted molar refractivity (Wildman–Crippen MR) is 81.1 cm³/mol. The minimum Gasteiger partial charge on any atom is -0.495 e. The number of aliphatic hydroxyl groups is 1. The molecule has 2 rings (SSSR count). The van der Waals surface area contributed by atoms with Crippen LogP contribution in [0, 0.1) is 11.3 Å². The van der Waals surface area contributed by atoms with Crippen LogP contribution in [-0.4, -0.2) is 16.8 Å². The third-order valence-corrected chi connectivity index (χ3v) is 3.47. The second-order valence-corrected chi connectivity index (χ2v) is 5.07. The van der Waals surface area contributed by atoms with E-state index in [0.29, 0.717) is 17.9 Å². The lowest BCUT2D eigenvalue weighted by Crippen LogP contribution is -1.99. The molecule has 1 atom stereocenters. The number of hydrogen-bond donors (Lipinski definition) is 1. The van der Waals surface area contributed by atoms with Crippen molar-refractivity contribution < 1.29 is 9.84 Å². The van der Waals surface area contributed by atoms with Crippen LogP contribution in [0.3, 0.4) is 0 Å². The van der Waals surface area contributed by atoms with Gasteiger partial charge in [0, 0.05) is 18.9 Å². The van der Waals surface area contributed by atoms with Crippen molar-refractivity contribution in [2.75, 3.05) is 7.11 Å². The highest BCUT2D eigenvalue weighted by atomic mass is 16.5. The minimum absolute atomic E-state index is 0.397. The molecule has 0 amide bonds. The zero-order valence-corrected chi connectivity index (χ0v) is 12.4. The van der Waals surface area contributed by atoms with Gasteiger partial charge >= 0.3 is 0 Å². The summed E-state index contributed by atoms with van der Waals surface area (Å²) in [5.41, 5.74) is 2.53. The van der Waals surface area contributed by atoms with E-state index >= 15 is 0 Å². The molecule has 0 saturated heterocycles. The summed E-state index contributed by atoms with van der Waals surface area (Å²) in [5, 5.41) is 19.0. The van der Waals surface area contributed by atoms with Gasteiger partial charge in [0.25, 0.3) is 0 Å². The van der Waals surface area contributed by atoms with E-state index in [1.54, 1.807) is 13.2 Å². The van der Waals surface area contributed by atoms with Crippen LogP contribution >= 0.6 is 0 Å². The van der Waals surface area contributed by atoms with Gasteiger partial charge in [-0.2, -0.15) is 5.26 Å². The summed E-state index contributed by atoms with van der Waals surface area (Å²) in [6.07, 6.45) is 5.25. The summed E-state index contributed by atoms with van der Waals surface area (Å²) < 4.78 is 7.24. The van der Waals surface area contributed by atoms with E-state index < -0.39 is 6.10 Å². The summed E-state index contributed by atoms with van der Waals surface area (Å²) in [6, 6.07) is 9.62. The average molecular weight is 284 g/mol. The van der Waals surface area contributed by atoms with Crippen LogP contribution in [-0.2, 0) is 6.54 Å². The van der Waals surface area contributed by atoms with E-state index in [4.69, 9.17) is 10.00 Å². The molecule has 1 aromatic heterocycles. The fourth-order valence-electron chi connectivity index (χ4n) is 2.33. The number of rotatable bonds is 6. The van der Waals surface area contributed by atoms with Gasteiger partial charge in [0.05, 0.1) is 18.8 Å². The molecule has 4 nitrogen and oxygen atoms in total. The van der Waals surface area contributed by atoms with Gasteiger partial charge in [-0.25, -0.2) is 0 Å². The Morgan fingerprint density at radius 1 is 1.38 bits per heavy atom. The van der Waals surface area contributed by atoms with E-state index in [1.165, 1.54) is 0 Å². The van der Waals surface area contributed by atoms with Crippen LogP contribution in [0.5, 0.6) is 5.75 Å². The van der Waals surface area contributed by atoms with Crippen LogP contribution in [0.2, 0.25) is 0 Å². The maximum Gasteiger partial charge on any atom is 0.136 e. The second kappa shape index (κ2) is 6.96. The summed E-state index contributed by atoms with van der Waals surface area (Å²) in [7, 11) is 1.56. The Bertz CT molecular complexity index is 640. The Morgan fingerprint density at radius 2 is 2.19 bits per heavy atom. The van der Waals surface area contributed by atoms with E-state index in [1.807, 2.05) is 35.2 Å². The molecule has 110 valence electrons. The van der Waals surface area contributed by atoms with Gasteiger partial charge in [-0.1, -0.05) is 19.4 Å². The normalized spacial score (nSPS) is 11.9. The molecule has 0 fully saturated rings. The number of benzene rings is 1. The maximum atomic E-state index is 9.98. The van der Waals surface area contributed by atoms with Crippen molar-refractivity contribution in [3.05, 3.63) is 53.3 Å². The molecule has 21 heavy (non-hydrogen) atoms. The van der Waals surface area contributed by atoms with Gasteiger partial charge in [-0.3, -0.25) is 0 Å². The molecule has 4 heteroatoms. The monoisotopic (exact) mass is 284 g/mol. The molecule has 0 aliphatic carbocycles. The smallest absolute Gasteiger partial charge is 0.136 e. The third-order valence-electron chi connectivity index (χ3n) is 3.47. The van der Waals surface area contributed by atoms with E-state index in [9.17, 15) is 5.11 Å². The topological polar surface area (TPSA) is 58.2 Å². The van der Waals surface area contributed by atoms with Gasteiger partial charge < -0.3 is 14.4 Å². The molecule has 0 spiro atoms. The first kappa shape index (κ1) is 15.1. The summed E-state index contributed by atoms with van der Waals surface area (Å²) in [4.78, 5) is 0. The maximum absolute atomic E-state index is 9.98. The van der Waals surface area contributed by atoms with E-state index in [-0.39, 0.29) is 0 Å². The summed E-state index contributed by atoms with van der Waals surface area (Å²) in [5.74, 6) is 0.591. The molecule has 1 aromatic carbocycles. The molecular formula is C17H20N2O2. The van der Waals surface area contributed by atoms with Crippen LogP contribution in [0.25, 0.3) is 0 Å². The first-order valence-corrected chi connectivity index (χ1v) is 7.08. The van der Waals surface area contributed by atoms with Gasteiger partial charge in [0.1, 0.15) is 11.8 Å². The van der Waals surface area contributed by atoms with E-state index in [2.05, 4.69) is 13.0 Å². The molecule has 0 saturated carbocycles. The molecule has 1 unspecified atom stereocenters. The first-order chi connectivity index (χ1) is 10.2. The van der Waals surface area contributed by atoms with Crippen molar-refractivity contribution in [3.63, 3.8) is 0 Å². The number of aliphatic hydroxyl groups excluding tert-OH is 1. The van der Waals surface area contributed by atoms with Crippen molar-refractivity contribution in [1.29, 1.82) is 5.26 Å². The minimum atomic E-state index is -0.397. The molecule has 0 bridgehead atoms. The van der Waals surface area contributed by atoms with Crippen LogP contribution in [0.15, 0.2) is 36.7 Å². The second-order valence-electron chi connectivity index (χ2n) is 5.07. The zero-order valence-electron chi connectivity index (χ0n) is 12.4. The Hall–Kier alpha value is -2.25. The lowest BCUT2D eigenvalue weighted by molar-refractivity contribution is 0.166. The lowest BCUT2D eigenvalue weighted by atomic mass is 10.1. The highest BCUT2D eigenvalue weighted by Gasteiger charge is 2.09. The summed E-state index contributed by atoms with van der Waals surface area (Å²) >= 11 is 0. The summed E-state index contributed by atoms with van der Waals surface area (Å²) in [6.45, 7) is 2.74. The Morgan fingerprint density at radius 3 is 2.86 bits per heavy atom. The fourth-order valence-corrected chi connectivity index (χ4v) is 2.33. The van der Waals surface area contributed by atoms with Crippen molar-refractivity contribution in [2.45, 2.75) is 32.4 Å². The standard InChI is InChI=1S/C17H20N2O2/c1-3-4-16(20)15-7-8-19(12-15)11-13-5-6-14(10-18)17(9-13)21-2/h5-9,12,16,20H,3-4,11H2,1-2H3. The van der Waals surface area contributed by atoms with Crippen molar-refractivity contribution in [2.24, 2.45) is 0 Å². The molecular weight excluding hydrogens is 264 g/mol. The van der Waals surface area contributed by atoms with Crippen LogP contribution in [0.1, 0.15) is 42.6 Å².